The number of anilines is 1. The molecule has 2 rings (SSSR count). The van der Waals surface area contributed by atoms with Gasteiger partial charge in [-0.1, -0.05) is 0 Å². The first-order valence-corrected chi connectivity index (χ1v) is 5.55. The molecule has 1 aromatic heterocycles. The zero-order valence-corrected chi connectivity index (χ0v) is 9.52. The summed E-state index contributed by atoms with van der Waals surface area (Å²) >= 11 is 0. The Labute approximate surface area is 95.1 Å². The standard InChI is InChI=1S/C12H17N3O/c1-15(7-3-2-6-13)10-4-5-11-12(8-10)16-9-14-11/h4-5,8-9H,2-3,6-7,13H2,1H3. The highest BCUT2D eigenvalue weighted by Gasteiger charge is 2.04. The Morgan fingerprint density at radius 3 is 3.06 bits per heavy atom. The van der Waals surface area contributed by atoms with Crippen molar-refractivity contribution in [1.29, 1.82) is 0 Å². The van der Waals surface area contributed by atoms with Crippen molar-refractivity contribution in [2.45, 2.75) is 12.8 Å². The zero-order valence-electron chi connectivity index (χ0n) is 9.52. The van der Waals surface area contributed by atoms with Crippen LogP contribution >= 0.6 is 0 Å². The third-order valence-electron chi connectivity index (χ3n) is 2.70. The molecule has 16 heavy (non-hydrogen) atoms. The van der Waals surface area contributed by atoms with E-state index in [2.05, 4.69) is 23.0 Å². The lowest BCUT2D eigenvalue weighted by atomic mass is 10.2. The van der Waals surface area contributed by atoms with E-state index in [0.717, 1.165) is 42.7 Å². The molecule has 0 atom stereocenters. The molecule has 0 saturated carbocycles. The maximum Gasteiger partial charge on any atom is 0.181 e. The highest BCUT2D eigenvalue weighted by Crippen LogP contribution is 2.20. The fourth-order valence-corrected chi connectivity index (χ4v) is 1.70. The summed E-state index contributed by atoms with van der Waals surface area (Å²) < 4.78 is 5.28. The molecule has 4 nitrogen and oxygen atoms in total. The second-order valence-electron chi connectivity index (χ2n) is 3.92. The maximum atomic E-state index is 5.47. The van der Waals surface area contributed by atoms with Gasteiger partial charge in [-0.3, -0.25) is 0 Å². The van der Waals surface area contributed by atoms with E-state index < -0.39 is 0 Å². The number of hydrogen-bond acceptors (Lipinski definition) is 4. The van der Waals surface area contributed by atoms with Crippen LogP contribution < -0.4 is 10.6 Å². The average molecular weight is 219 g/mol. The van der Waals surface area contributed by atoms with Gasteiger partial charge in [0.05, 0.1) is 0 Å². The number of aromatic nitrogens is 1. The van der Waals surface area contributed by atoms with Crippen LogP contribution in [0.1, 0.15) is 12.8 Å². The molecule has 0 fully saturated rings. The van der Waals surface area contributed by atoms with Gasteiger partial charge in [-0.2, -0.15) is 0 Å². The number of fused-ring (bicyclic) bond motifs is 1. The smallest absolute Gasteiger partial charge is 0.181 e. The molecule has 2 N–H and O–H groups in total. The molecule has 0 aliphatic rings. The fraction of sp³-hybridized carbons (Fsp3) is 0.417. The number of nitrogens with zero attached hydrogens (tertiary/aromatic N) is 2. The van der Waals surface area contributed by atoms with Crippen LogP contribution in [0.25, 0.3) is 11.1 Å². The van der Waals surface area contributed by atoms with E-state index in [0.29, 0.717) is 0 Å². The van der Waals surface area contributed by atoms with Gasteiger partial charge in [0.2, 0.25) is 0 Å². The average Bonchev–Trinajstić information content (AvgIpc) is 2.76. The van der Waals surface area contributed by atoms with E-state index in [1.54, 1.807) is 0 Å². The lowest BCUT2D eigenvalue weighted by Crippen LogP contribution is -2.19. The summed E-state index contributed by atoms with van der Waals surface area (Å²) in [4.78, 5) is 6.30. The highest BCUT2D eigenvalue weighted by atomic mass is 16.3. The van der Waals surface area contributed by atoms with E-state index in [9.17, 15) is 0 Å². The normalized spacial score (nSPS) is 10.9. The molecule has 1 heterocycles. The predicted octanol–water partition coefficient (Wildman–Crippen LogP) is 2.00. The predicted molar refractivity (Wildman–Crippen MR) is 65.6 cm³/mol. The van der Waals surface area contributed by atoms with Crippen molar-refractivity contribution >= 4 is 16.8 Å². The number of oxazole rings is 1. The second kappa shape index (κ2) is 4.99. The van der Waals surface area contributed by atoms with Gasteiger partial charge in [-0.15, -0.1) is 0 Å². The molecule has 0 bridgehead atoms. The number of unbranched alkanes of at least 4 members (excludes halogenated alkanes) is 1. The first-order valence-electron chi connectivity index (χ1n) is 5.55. The van der Waals surface area contributed by atoms with Gasteiger partial charge in [0.1, 0.15) is 5.52 Å². The van der Waals surface area contributed by atoms with Crippen LogP contribution in [0.3, 0.4) is 0 Å². The van der Waals surface area contributed by atoms with Gasteiger partial charge < -0.3 is 15.1 Å². The first-order chi connectivity index (χ1) is 7.81. The van der Waals surface area contributed by atoms with Crippen molar-refractivity contribution in [3.05, 3.63) is 24.6 Å². The van der Waals surface area contributed by atoms with Crippen LogP contribution in [-0.2, 0) is 0 Å². The minimum absolute atomic E-state index is 0.759. The van der Waals surface area contributed by atoms with E-state index in [-0.39, 0.29) is 0 Å². The quantitative estimate of drug-likeness (QED) is 0.781. The van der Waals surface area contributed by atoms with Crippen molar-refractivity contribution in [3.8, 4) is 0 Å². The van der Waals surface area contributed by atoms with Gasteiger partial charge in [-0.25, -0.2) is 4.98 Å². The minimum Gasteiger partial charge on any atom is -0.443 e. The summed E-state index contributed by atoms with van der Waals surface area (Å²) in [5, 5.41) is 0. The zero-order chi connectivity index (χ0) is 11.4. The number of hydrogen-bond donors (Lipinski definition) is 1. The van der Waals surface area contributed by atoms with Crippen LogP contribution in [0.2, 0.25) is 0 Å². The summed E-state index contributed by atoms with van der Waals surface area (Å²) in [5.41, 5.74) is 8.36. The Balaban J connectivity index is 2.07. The Kier molecular flexibility index (Phi) is 3.41. The largest absolute Gasteiger partial charge is 0.443 e. The van der Waals surface area contributed by atoms with E-state index in [4.69, 9.17) is 10.2 Å². The third kappa shape index (κ3) is 2.33. The molecular formula is C12H17N3O. The lowest BCUT2D eigenvalue weighted by Gasteiger charge is -2.18. The van der Waals surface area contributed by atoms with E-state index >= 15 is 0 Å². The van der Waals surface area contributed by atoms with Gasteiger partial charge in [0, 0.05) is 25.3 Å². The molecule has 0 unspecified atom stereocenters. The number of nitrogens with two attached hydrogens (primary N) is 1. The Bertz CT molecular complexity index is 452. The monoisotopic (exact) mass is 219 g/mol. The van der Waals surface area contributed by atoms with Crippen molar-refractivity contribution in [1.82, 2.24) is 4.98 Å². The van der Waals surface area contributed by atoms with Crippen LogP contribution in [-0.4, -0.2) is 25.1 Å². The highest BCUT2D eigenvalue weighted by molar-refractivity contribution is 5.76. The molecule has 86 valence electrons. The van der Waals surface area contributed by atoms with Crippen LogP contribution in [0, 0.1) is 0 Å². The summed E-state index contributed by atoms with van der Waals surface area (Å²) in [7, 11) is 2.08. The summed E-state index contributed by atoms with van der Waals surface area (Å²) in [6.45, 7) is 1.77. The molecule has 2 aromatic rings. The molecule has 0 aliphatic heterocycles. The SMILES string of the molecule is CN(CCCCN)c1ccc2ncoc2c1. The van der Waals surface area contributed by atoms with Gasteiger partial charge in [0.25, 0.3) is 0 Å². The molecule has 0 amide bonds. The lowest BCUT2D eigenvalue weighted by molar-refractivity contribution is 0.602. The third-order valence-corrected chi connectivity index (χ3v) is 2.70. The van der Waals surface area contributed by atoms with Gasteiger partial charge >= 0.3 is 0 Å². The van der Waals surface area contributed by atoms with Crippen LogP contribution in [0.15, 0.2) is 29.0 Å². The summed E-state index contributed by atoms with van der Waals surface area (Å²) in [5.74, 6) is 0. The Morgan fingerprint density at radius 2 is 2.25 bits per heavy atom. The summed E-state index contributed by atoms with van der Waals surface area (Å²) in [6, 6.07) is 6.06. The molecule has 0 aliphatic carbocycles. The number of benzene rings is 1. The topological polar surface area (TPSA) is 55.3 Å². The van der Waals surface area contributed by atoms with Gasteiger partial charge in [0.15, 0.2) is 12.0 Å². The first kappa shape index (κ1) is 11.0. The minimum atomic E-state index is 0.759. The van der Waals surface area contributed by atoms with E-state index in [1.807, 2.05) is 12.1 Å². The van der Waals surface area contributed by atoms with Crippen LogP contribution in [0.5, 0.6) is 0 Å². The summed E-state index contributed by atoms with van der Waals surface area (Å²) in [6.07, 6.45) is 3.65. The maximum absolute atomic E-state index is 5.47. The molecule has 4 heteroatoms. The molecular weight excluding hydrogens is 202 g/mol. The molecule has 1 aromatic carbocycles. The molecule has 0 saturated heterocycles. The molecule has 0 radical (unpaired) electrons. The van der Waals surface area contributed by atoms with Crippen molar-refractivity contribution in [3.63, 3.8) is 0 Å². The second-order valence-corrected chi connectivity index (χ2v) is 3.92. The van der Waals surface area contributed by atoms with Crippen molar-refractivity contribution in [2.75, 3.05) is 25.0 Å². The van der Waals surface area contributed by atoms with E-state index in [1.165, 1.54) is 6.39 Å². The van der Waals surface area contributed by atoms with Gasteiger partial charge in [-0.05, 0) is 31.5 Å². The molecule has 0 spiro atoms. The van der Waals surface area contributed by atoms with Crippen molar-refractivity contribution < 1.29 is 4.42 Å². The van der Waals surface area contributed by atoms with Crippen molar-refractivity contribution in [2.24, 2.45) is 5.73 Å². The Hall–Kier alpha value is -1.55. The van der Waals surface area contributed by atoms with Crippen LogP contribution in [0.4, 0.5) is 5.69 Å². The number of rotatable bonds is 5. The Morgan fingerprint density at radius 1 is 1.38 bits per heavy atom. The fourth-order valence-electron chi connectivity index (χ4n) is 1.70.